The Kier molecular flexibility index (Phi) is 6.84. The predicted octanol–water partition coefficient (Wildman–Crippen LogP) is 3.98. The Balaban J connectivity index is 1.61. The molecule has 2 amide bonds. The quantitative estimate of drug-likeness (QED) is 0.737. The number of hydrogen-bond acceptors (Lipinski definition) is 6. The lowest BCUT2D eigenvalue weighted by atomic mass is 9.94. The van der Waals surface area contributed by atoms with Gasteiger partial charge in [0.15, 0.2) is 0 Å². The average molecular weight is 405 g/mol. The summed E-state index contributed by atoms with van der Waals surface area (Å²) in [6.07, 6.45) is 5.84. The zero-order valence-corrected chi connectivity index (χ0v) is 17.2. The Labute approximate surface area is 167 Å². The number of carbonyl (C=O) groups excluding carboxylic acids is 2. The summed E-state index contributed by atoms with van der Waals surface area (Å²) in [5.74, 6) is 0.207. The van der Waals surface area contributed by atoms with Gasteiger partial charge < -0.3 is 4.90 Å². The van der Waals surface area contributed by atoms with E-state index >= 15 is 0 Å². The SMILES string of the molecule is Cc1nnc(NC(=O)c2ccccc2SCC(=O)N(C)C2CCCCC2)s1. The summed E-state index contributed by atoms with van der Waals surface area (Å²) in [7, 11) is 1.90. The van der Waals surface area contributed by atoms with E-state index in [1.165, 1.54) is 42.4 Å². The summed E-state index contributed by atoms with van der Waals surface area (Å²) in [5, 5.41) is 11.9. The molecule has 2 aromatic rings. The van der Waals surface area contributed by atoms with Crippen LogP contribution in [0.1, 0.15) is 47.5 Å². The third kappa shape index (κ3) is 5.29. The molecule has 1 aliphatic carbocycles. The van der Waals surface area contributed by atoms with Gasteiger partial charge in [-0.05, 0) is 31.9 Å². The van der Waals surface area contributed by atoms with Gasteiger partial charge in [0.05, 0.1) is 11.3 Å². The molecule has 1 heterocycles. The number of aryl methyl sites for hydroxylation is 1. The van der Waals surface area contributed by atoms with Gasteiger partial charge in [-0.15, -0.1) is 22.0 Å². The number of nitrogens with one attached hydrogen (secondary N) is 1. The number of amides is 2. The number of hydrogen-bond donors (Lipinski definition) is 1. The van der Waals surface area contributed by atoms with Gasteiger partial charge in [0.25, 0.3) is 5.91 Å². The molecule has 0 atom stereocenters. The van der Waals surface area contributed by atoms with Crippen LogP contribution in [0, 0.1) is 6.92 Å². The Morgan fingerprint density at radius 3 is 2.67 bits per heavy atom. The number of aromatic nitrogens is 2. The molecule has 1 fully saturated rings. The van der Waals surface area contributed by atoms with E-state index in [0.29, 0.717) is 22.5 Å². The second-order valence-electron chi connectivity index (χ2n) is 6.66. The molecule has 8 heteroatoms. The van der Waals surface area contributed by atoms with Gasteiger partial charge in [-0.2, -0.15) is 0 Å². The maximum absolute atomic E-state index is 12.6. The molecule has 0 spiro atoms. The predicted molar refractivity (Wildman–Crippen MR) is 109 cm³/mol. The molecular formula is C19H24N4O2S2. The van der Waals surface area contributed by atoms with Gasteiger partial charge in [0, 0.05) is 18.0 Å². The summed E-state index contributed by atoms with van der Waals surface area (Å²) in [4.78, 5) is 27.8. The second kappa shape index (κ2) is 9.32. The van der Waals surface area contributed by atoms with Crippen LogP contribution in [0.4, 0.5) is 5.13 Å². The van der Waals surface area contributed by atoms with Gasteiger partial charge in [-0.25, -0.2) is 0 Å². The fourth-order valence-corrected chi connectivity index (χ4v) is 4.77. The van der Waals surface area contributed by atoms with E-state index in [2.05, 4.69) is 15.5 Å². The van der Waals surface area contributed by atoms with Crippen LogP contribution in [-0.4, -0.2) is 45.8 Å². The number of thioether (sulfide) groups is 1. The lowest BCUT2D eigenvalue weighted by Gasteiger charge is -2.31. The summed E-state index contributed by atoms with van der Waals surface area (Å²) >= 11 is 2.74. The minimum absolute atomic E-state index is 0.113. The van der Waals surface area contributed by atoms with E-state index in [1.54, 1.807) is 6.07 Å². The lowest BCUT2D eigenvalue weighted by molar-refractivity contribution is -0.129. The molecule has 3 rings (SSSR count). The molecule has 0 radical (unpaired) electrons. The number of carbonyl (C=O) groups is 2. The van der Waals surface area contributed by atoms with Crippen LogP contribution in [0.3, 0.4) is 0 Å². The highest BCUT2D eigenvalue weighted by Gasteiger charge is 2.22. The first-order chi connectivity index (χ1) is 13.0. The molecule has 1 N–H and O–H groups in total. The highest BCUT2D eigenvalue weighted by Crippen LogP contribution is 2.26. The van der Waals surface area contributed by atoms with Crippen LogP contribution < -0.4 is 5.32 Å². The molecular weight excluding hydrogens is 380 g/mol. The van der Waals surface area contributed by atoms with E-state index in [0.717, 1.165) is 22.7 Å². The second-order valence-corrected chi connectivity index (χ2v) is 8.86. The highest BCUT2D eigenvalue weighted by molar-refractivity contribution is 8.00. The van der Waals surface area contributed by atoms with Crippen LogP contribution in [-0.2, 0) is 4.79 Å². The van der Waals surface area contributed by atoms with E-state index in [4.69, 9.17) is 0 Å². The van der Waals surface area contributed by atoms with Crippen LogP contribution >= 0.6 is 23.1 Å². The standard InChI is InChI=1S/C19H24N4O2S2/c1-13-21-22-19(27-13)20-18(25)15-10-6-7-11-16(15)26-12-17(24)23(2)14-8-4-3-5-9-14/h6-7,10-11,14H,3-5,8-9,12H2,1-2H3,(H,20,22,25). The molecule has 0 aliphatic heterocycles. The first kappa shape index (κ1) is 19.8. The minimum atomic E-state index is -0.234. The van der Waals surface area contributed by atoms with Crippen molar-refractivity contribution >= 4 is 40.0 Å². The van der Waals surface area contributed by atoms with Crippen LogP contribution in [0.25, 0.3) is 0 Å². The van der Waals surface area contributed by atoms with Crippen molar-refractivity contribution in [2.45, 2.75) is 50.0 Å². The first-order valence-electron chi connectivity index (χ1n) is 9.13. The van der Waals surface area contributed by atoms with Crippen molar-refractivity contribution in [2.24, 2.45) is 0 Å². The van der Waals surface area contributed by atoms with Crippen molar-refractivity contribution in [3.8, 4) is 0 Å². The zero-order chi connectivity index (χ0) is 19.2. The van der Waals surface area contributed by atoms with Crippen molar-refractivity contribution in [1.29, 1.82) is 0 Å². The molecule has 6 nitrogen and oxygen atoms in total. The number of nitrogens with zero attached hydrogens (tertiary/aromatic N) is 3. The Morgan fingerprint density at radius 2 is 1.96 bits per heavy atom. The Bertz CT molecular complexity index is 803. The van der Waals surface area contributed by atoms with E-state index in [-0.39, 0.29) is 11.8 Å². The largest absolute Gasteiger partial charge is 0.342 e. The Hall–Kier alpha value is -1.93. The molecule has 1 aromatic heterocycles. The van der Waals surface area contributed by atoms with Crippen molar-refractivity contribution in [2.75, 3.05) is 18.1 Å². The summed E-state index contributed by atoms with van der Waals surface area (Å²) in [6.45, 7) is 1.84. The van der Waals surface area contributed by atoms with Crippen molar-refractivity contribution in [3.63, 3.8) is 0 Å². The van der Waals surface area contributed by atoms with Crippen molar-refractivity contribution < 1.29 is 9.59 Å². The van der Waals surface area contributed by atoms with Gasteiger partial charge in [-0.3, -0.25) is 14.9 Å². The topological polar surface area (TPSA) is 75.2 Å². The molecule has 1 saturated carbocycles. The van der Waals surface area contributed by atoms with Gasteiger partial charge in [0.2, 0.25) is 11.0 Å². The third-order valence-electron chi connectivity index (χ3n) is 4.75. The fourth-order valence-electron chi connectivity index (χ4n) is 3.20. The molecule has 1 aliphatic rings. The molecule has 0 saturated heterocycles. The molecule has 0 unspecified atom stereocenters. The summed E-state index contributed by atoms with van der Waals surface area (Å²) < 4.78 is 0. The van der Waals surface area contributed by atoms with Crippen molar-refractivity contribution in [3.05, 3.63) is 34.8 Å². The smallest absolute Gasteiger partial charge is 0.258 e. The van der Waals surface area contributed by atoms with Gasteiger partial charge >= 0.3 is 0 Å². The number of rotatable bonds is 6. The summed E-state index contributed by atoms with van der Waals surface area (Å²) in [5.41, 5.74) is 0.545. The summed E-state index contributed by atoms with van der Waals surface area (Å²) in [6, 6.07) is 7.69. The van der Waals surface area contributed by atoms with Crippen LogP contribution in [0.2, 0.25) is 0 Å². The van der Waals surface area contributed by atoms with Crippen LogP contribution in [0.15, 0.2) is 29.2 Å². The maximum atomic E-state index is 12.6. The first-order valence-corrected chi connectivity index (χ1v) is 10.9. The molecule has 1 aromatic carbocycles. The van der Waals surface area contributed by atoms with E-state index in [9.17, 15) is 9.59 Å². The van der Waals surface area contributed by atoms with Crippen molar-refractivity contribution in [1.82, 2.24) is 15.1 Å². The highest BCUT2D eigenvalue weighted by atomic mass is 32.2. The van der Waals surface area contributed by atoms with Gasteiger partial charge in [-0.1, -0.05) is 42.7 Å². The van der Waals surface area contributed by atoms with E-state index in [1.807, 2.05) is 37.1 Å². The number of anilines is 1. The zero-order valence-electron chi connectivity index (χ0n) is 15.6. The Morgan fingerprint density at radius 1 is 1.22 bits per heavy atom. The van der Waals surface area contributed by atoms with Gasteiger partial charge in [0.1, 0.15) is 5.01 Å². The minimum Gasteiger partial charge on any atom is -0.342 e. The van der Waals surface area contributed by atoms with E-state index < -0.39 is 0 Å². The molecule has 0 bridgehead atoms. The maximum Gasteiger partial charge on any atom is 0.258 e. The average Bonchev–Trinajstić information content (AvgIpc) is 3.11. The van der Waals surface area contributed by atoms with Crippen LogP contribution in [0.5, 0.6) is 0 Å². The lowest BCUT2D eigenvalue weighted by Crippen LogP contribution is -2.39. The monoisotopic (exact) mass is 404 g/mol. The fraction of sp³-hybridized carbons (Fsp3) is 0.474. The molecule has 144 valence electrons. The number of benzene rings is 1. The normalized spacial score (nSPS) is 14.7. The molecule has 27 heavy (non-hydrogen) atoms. The third-order valence-corrected chi connectivity index (χ3v) is 6.56.